The maximum atomic E-state index is 12.4. The highest BCUT2D eigenvalue weighted by Crippen LogP contribution is 2.19. The van der Waals surface area contributed by atoms with Crippen LogP contribution in [0.2, 0.25) is 0 Å². The lowest BCUT2D eigenvalue weighted by Crippen LogP contribution is -2.46. The van der Waals surface area contributed by atoms with Crippen molar-refractivity contribution in [3.8, 4) is 0 Å². The van der Waals surface area contributed by atoms with Gasteiger partial charge in [0.05, 0.1) is 0 Å². The molecule has 1 aliphatic rings. The molecule has 1 fully saturated rings. The van der Waals surface area contributed by atoms with E-state index in [1.54, 1.807) is 0 Å². The number of carbonyl (C=O) groups is 2. The second kappa shape index (κ2) is 5.79. The molecule has 2 atom stereocenters. The molecule has 1 amide bonds. The lowest BCUT2D eigenvalue weighted by Gasteiger charge is -2.28. The molecule has 110 valence electrons. The summed E-state index contributed by atoms with van der Waals surface area (Å²) in [7, 11) is 0. The number of ketones is 1. The first-order valence-electron chi connectivity index (χ1n) is 7.14. The number of H-pyrrole nitrogens is 1. The van der Waals surface area contributed by atoms with Gasteiger partial charge in [-0.15, -0.1) is 0 Å². The molecule has 3 N–H and O–H groups in total. The fourth-order valence-electron chi connectivity index (χ4n) is 3.03. The number of rotatable bonds is 3. The van der Waals surface area contributed by atoms with Gasteiger partial charge in [0.15, 0.2) is 5.78 Å². The number of hydrogen-bond donors (Lipinski definition) is 3. The van der Waals surface area contributed by atoms with E-state index in [0.29, 0.717) is 17.3 Å². The van der Waals surface area contributed by atoms with Crippen LogP contribution in [-0.4, -0.2) is 35.3 Å². The van der Waals surface area contributed by atoms with Crippen molar-refractivity contribution in [1.29, 1.82) is 0 Å². The molecule has 5 nitrogen and oxygen atoms in total. The van der Waals surface area contributed by atoms with Gasteiger partial charge < -0.3 is 15.6 Å². The van der Waals surface area contributed by atoms with Crippen molar-refractivity contribution in [2.45, 2.75) is 52.6 Å². The second-order valence-corrected chi connectivity index (χ2v) is 5.73. The first kappa shape index (κ1) is 14.8. The van der Waals surface area contributed by atoms with E-state index < -0.39 is 0 Å². The Morgan fingerprint density at radius 3 is 2.55 bits per heavy atom. The average Bonchev–Trinajstić information content (AvgIpc) is 2.64. The Balaban J connectivity index is 2.13. The minimum atomic E-state index is -0.114. The summed E-state index contributed by atoms with van der Waals surface area (Å²) in [5, 5.41) is 6.43. The Morgan fingerprint density at radius 2 is 2.00 bits per heavy atom. The molecule has 1 aromatic rings. The third-order valence-corrected chi connectivity index (χ3v) is 3.98. The lowest BCUT2D eigenvalue weighted by molar-refractivity contribution is 0.0920. The number of Topliss-reactive ketones (excluding diaryl/α,β-unsaturated/α-hetero) is 1. The number of aryl methyl sites for hydroxylation is 1. The van der Waals surface area contributed by atoms with Crippen molar-refractivity contribution in [3.63, 3.8) is 0 Å². The van der Waals surface area contributed by atoms with Crippen molar-refractivity contribution < 1.29 is 9.59 Å². The monoisotopic (exact) mass is 277 g/mol. The second-order valence-electron chi connectivity index (χ2n) is 5.73. The van der Waals surface area contributed by atoms with E-state index in [1.165, 1.54) is 6.92 Å². The van der Waals surface area contributed by atoms with E-state index in [0.717, 1.165) is 30.6 Å². The van der Waals surface area contributed by atoms with Crippen LogP contribution in [0.25, 0.3) is 0 Å². The molecule has 0 radical (unpaired) electrons. The molecule has 2 unspecified atom stereocenters. The normalized spacial score (nSPS) is 22.6. The molecular formula is C15H23N3O2. The topological polar surface area (TPSA) is 74.0 Å². The zero-order valence-electron chi connectivity index (χ0n) is 12.6. The van der Waals surface area contributed by atoms with Gasteiger partial charge in [-0.2, -0.15) is 0 Å². The number of aromatic amines is 1. The number of hydrogen-bond acceptors (Lipinski definition) is 3. The van der Waals surface area contributed by atoms with Crippen molar-refractivity contribution >= 4 is 11.7 Å². The number of nitrogens with one attached hydrogen (secondary N) is 3. The van der Waals surface area contributed by atoms with E-state index in [9.17, 15) is 9.59 Å². The molecule has 1 saturated heterocycles. The van der Waals surface area contributed by atoms with Crippen LogP contribution >= 0.6 is 0 Å². The molecular weight excluding hydrogens is 254 g/mol. The quantitative estimate of drug-likeness (QED) is 0.736. The first-order valence-corrected chi connectivity index (χ1v) is 7.14. The molecule has 0 saturated carbocycles. The fraction of sp³-hybridized carbons (Fsp3) is 0.600. The summed E-state index contributed by atoms with van der Waals surface area (Å²) in [6.45, 7) is 8.22. The van der Waals surface area contributed by atoms with Crippen LogP contribution in [0.3, 0.4) is 0 Å². The Bertz CT molecular complexity index is 533. The van der Waals surface area contributed by atoms with Gasteiger partial charge in [0.25, 0.3) is 5.91 Å². The maximum absolute atomic E-state index is 12.4. The molecule has 1 aliphatic heterocycles. The zero-order valence-corrected chi connectivity index (χ0v) is 12.6. The molecule has 2 heterocycles. The molecule has 1 aromatic heterocycles. The van der Waals surface area contributed by atoms with Crippen molar-refractivity contribution in [2.24, 2.45) is 0 Å². The molecule has 5 heteroatoms. The van der Waals surface area contributed by atoms with Gasteiger partial charge in [-0.25, -0.2) is 0 Å². The van der Waals surface area contributed by atoms with Gasteiger partial charge >= 0.3 is 0 Å². The van der Waals surface area contributed by atoms with Crippen LogP contribution in [0.4, 0.5) is 0 Å². The standard InChI is InChI=1S/C15H23N3O2/c1-8-7-12(5-6-16-8)18-15(20)14-9(2)13(11(4)19)10(3)17-14/h8,12,16-17H,5-7H2,1-4H3,(H,18,20). The fourth-order valence-corrected chi connectivity index (χ4v) is 3.03. The molecule has 0 bridgehead atoms. The van der Waals surface area contributed by atoms with E-state index >= 15 is 0 Å². The van der Waals surface area contributed by atoms with Gasteiger partial charge in [0, 0.05) is 23.3 Å². The van der Waals surface area contributed by atoms with E-state index in [4.69, 9.17) is 0 Å². The smallest absolute Gasteiger partial charge is 0.268 e. The Kier molecular flexibility index (Phi) is 4.28. The minimum absolute atomic E-state index is 0.00853. The average molecular weight is 277 g/mol. The van der Waals surface area contributed by atoms with Crippen LogP contribution in [0, 0.1) is 13.8 Å². The zero-order chi connectivity index (χ0) is 14.9. The first-order chi connectivity index (χ1) is 9.40. The van der Waals surface area contributed by atoms with E-state index in [-0.39, 0.29) is 17.7 Å². The predicted octanol–water partition coefficient (Wildman–Crippen LogP) is 1.70. The van der Waals surface area contributed by atoms with Gasteiger partial charge in [-0.05, 0) is 52.6 Å². The highest BCUT2D eigenvalue weighted by molar-refractivity contribution is 6.02. The Hall–Kier alpha value is -1.62. The summed E-state index contributed by atoms with van der Waals surface area (Å²) in [6.07, 6.45) is 1.87. The Labute approximate surface area is 119 Å². The summed E-state index contributed by atoms with van der Waals surface area (Å²) >= 11 is 0. The summed E-state index contributed by atoms with van der Waals surface area (Å²) in [4.78, 5) is 27.0. The molecule has 0 aromatic carbocycles. The Morgan fingerprint density at radius 1 is 1.30 bits per heavy atom. The maximum Gasteiger partial charge on any atom is 0.268 e. The van der Waals surface area contributed by atoms with Crippen LogP contribution in [-0.2, 0) is 0 Å². The van der Waals surface area contributed by atoms with Crippen LogP contribution in [0.5, 0.6) is 0 Å². The molecule has 0 aliphatic carbocycles. The van der Waals surface area contributed by atoms with E-state index in [2.05, 4.69) is 22.5 Å². The van der Waals surface area contributed by atoms with Crippen molar-refractivity contribution in [2.75, 3.05) is 6.54 Å². The molecule has 20 heavy (non-hydrogen) atoms. The van der Waals surface area contributed by atoms with Crippen LogP contribution in [0.1, 0.15) is 58.8 Å². The van der Waals surface area contributed by atoms with E-state index in [1.807, 2.05) is 13.8 Å². The third kappa shape index (κ3) is 2.93. The highest BCUT2D eigenvalue weighted by atomic mass is 16.2. The molecule has 0 spiro atoms. The number of carbonyl (C=O) groups excluding carboxylic acids is 2. The summed E-state index contributed by atoms with van der Waals surface area (Å²) in [5.41, 5.74) is 2.65. The highest BCUT2D eigenvalue weighted by Gasteiger charge is 2.24. The van der Waals surface area contributed by atoms with Gasteiger partial charge in [0.1, 0.15) is 5.69 Å². The lowest BCUT2D eigenvalue weighted by atomic mass is 10.00. The van der Waals surface area contributed by atoms with Crippen molar-refractivity contribution in [3.05, 3.63) is 22.5 Å². The van der Waals surface area contributed by atoms with Crippen LogP contribution in [0.15, 0.2) is 0 Å². The van der Waals surface area contributed by atoms with Crippen molar-refractivity contribution in [1.82, 2.24) is 15.6 Å². The number of amides is 1. The van der Waals surface area contributed by atoms with Gasteiger partial charge in [0.2, 0.25) is 0 Å². The summed E-state index contributed by atoms with van der Waals surface area (Å²) in [5.74, 6) is -0.122. The number of piperidine rings is 1. The number of aromatic nitrogens is 1. The largest absolute Gasteiger partial charge is 0.354 e. The summed E-state index contributed by atoms with van der Waals surface area (Å²) < 4.78 is 0. The summed E-state index contributed by atoms with van der Waals surface area (Å²) in [6, 6.07) is 0.621. The predicted molar refractivity (Wildman–Crippen MR) is 78.2 cm³/mol. The van der Waals surface area contributed by atoms with Gasteiger partial charge in [-0.1, -0.05) is 0 Å². The van der Waals surface area contributed by atoms with Crippen LogP contribution < -0.4 is 10.6 Å². The SMILES string of the molecule is CC(=O)c1c(C)[nH]c(C(=O)NC2CCNC(C)C2)c1C. The molecule has 2 rings (SSSR count). The van der Waals surface area contributed by atoms with Gasteiger partial charge in [-0.3, -0.25) is 9.59 Å². The minimum Gasteiger partial charge on any atom is -0.354 e. The third-order valence-electron chi connectivity index (χ3n) is 3.98.